The summed E-state index contributed by atoms with van der Waals surface area (Å²) in [6, 6.07) is 17.1. The molecular weight excluding hydrogens is 294 g/mol. The second kappa shape index (κ2) is 6.30. The van der Waals surface area contributed by atoms with Gasteiger partial charge in [-0.25, -0.2) is 0 Å². The molecule has 0 aromatic heterocycles. The van der Waals surface area contributed by atoms with Crippen LogP contribution in [0.25, 0.3) is 0 Å². The largest absolute Gasteiger partial charge is 0.469 e. The lowest BCUT2D eigenvalue weighted by Gasteiger charge is -2.38. The Hall–Kier alpha value is -2.53. The van der Waals surface area contributed by atoms with Gasteiger partial charge in [-0.2, -0.15) is 0 Å². The van der Waals surface area contributed by atoms with Gasteiger partial charge in [0.15, 0.2) is 0 Å². The zero-order valence-electron chi connectivity index (χ0n) is 12.9. The van der Waals surface area contributed by atoms with Gasteiger partial charge in [-0.15, -0.1) is 0 Å². The van der Waals surface area contributed by atoms with Gasteiger partial charge in [0.25, 0.3) is 0 Å². The van der Waals surface area contributed by atoms with Crippen LogP contribution in [-0.4, -0.2) is 24.0 Å². The number of carbonyl (C=O) groups excluding carboxylic acids is 1. The van der Waals surface area contributed by atoms with Crippen molar-refractivity contribution in [2.45, 2.75) is 24.7 Å². The third kappa shape index (κ3) is 3.46. The highest BCUT2D eigenvalue weighted by molar-refractivity contribution is 5.70. The van der Waals surface area contributed by atoms with E-state index in [2.05, 4.69) is 10.1 Å². The summed E-state index contributed by atoms with van der Waals surface area (Å²) in [6.45, 7) is 0. The number of aliphatic hydroxyl groups is 1. The van der Waals surface area contributed by atoms with Crippen molar-refractivity contribution in [3.05, 3.63) is 60.2 Å². The molecular formula is C18H19NO4. The molecule has 2 aromatic rings. The van der Waals surface area contributed by atoms with E-state index in [1.807, 2.05) is 48.5 Å². The number of methoxy groups -OCH3 is 1. The topological polar surface area (TPSA) is 67.8 Å². The Balaban J connectivity index is 1.89. The third-order valence-electron chi connectivity index (χ3n) is 3.88. The molecule has 2 N–H and O–H groups in total. The fourth-order valence-corrected chi connectivity index (χ4v) is 2.81. The standard InChI is InChI=1S/C18H19NO4/c1-22-17(20)12-18(21)11-15(19-13-7-3-2-4-8-13)14-9-5-6-10-16(14)23-18/h2-10,15,19,21H,11-12H2,1H3. The minimum absolute atomic E-state index is 0.169. The number of hydrogen-bond donors (Lipinski definition) is 2. The van der Waals surface area contributed by atoms with Gasteiger partial charge >= 0.3 is 5.97 Å². The number of benzene rings is 2. The first-order valence-corrected chi connectivity index (χ1v) is 7.48. The molecule has 0 spiro atoms. The fourth-order valence-electron chi connectivity index (χ4n) is 2.81. The maximum atomic E-state index is 11.6. The molecule has 2 unspecified atom stereocenters. The molecule has 3 rings (SSSR count). The fraction of sp³-hybridized carbons (Fsp3) is 0.278. The van der Waals surface area contributed by atoms with Crippen LogP contribution in [0, 0.1) is 0 Å². The normalized spacial score (nSPS) is 22.6. The number of fused-ring (bicyclic) bond motifs is 1. The summed E-state index contributed by atoms with van der Waals surface area (Å²) in [6.07, 6.45) is 0.0266. The van der Waals surface area contributed by atoms with Crippen LogP contribution in [0.1, 0.15) is 24.4 Å². The molecule has 2 aromatic carbocycles. The van der Waals surface area contributed by atoms with Crippen molar-refractivity contribution in [1.82, 2.24) is 0 Å². The maximum absolute atomic E-state index is 11.6. The smallest absolute Gasteiger partial charge is 0.312 e. The first-order chi connectivity index (χ1) is 11.1. The summed E-state index contributed by atoms with van der Waals surface area (Å²) in [7, 11) is 1.29. The van der Waals surface area contributed by atoms with E-state index in [0.717, 1.165) is 11.3 Å². The summed E-state index contributed by atoms with van der Waals surface area (Å²) in [4.78, 5) is 11.6. The minimum Gasteiger partial charge on any atom is -0.469 e. The Morgan fingerprint density at radius 1 is 1.26 bits per heavy atom. The van der Waals surface area contributed by atoms with Crippen molar-refractivity contribution >= 4 is 11.7 Å². The molecule has 0 amide bonds. The number of anilines is 1. The summed E-state index contributed by atoms with van der Waals surface area (Å²) >= 11 is 0. The van der Waals surface area contributed by atoms with Crippen molar-refractivity contribution in [3.63, 3.8) is 0 Å². The molecule has 0 bridgehead atoms. The van der Waals surface area contributed by atoms with E-state index < -0.39 is 11.8 Å². The number of carbonyl (C=O) groups is 1. The van der Waals surface area contributed by atoms with Crippen LogP contribution in [-0.2, 0) is 9.53 Å². The van der Waals surface area contributed by atoms with Crippen LogP contribution in [0.2, 0.25) is 0 Å². The van der Waals surface area contributed by atoms with Crippen LogP contribution >= 0.6 is 0 Å². The van der Waals surface area contributed by atoms with Crippen molar-refractivity contribution in [1.29, 1.82) is 0 Å². The van der Waals surface area contributed by atoms with E-state index in [1.54, 1.807) is 6.07 Å². The molecule has 1 aliphatic rings. The van der Waals surface area contributed by atoms with Gasteiger partial charge < -0.3 is 19.9 Å². The molecule has 120 valence electrons. The SMILES string of the molecule is COC(=O)CC1(O)CC(Nc2ccccc2)c2ccccc2O1. The van der Waals surface area contributed by atoms with Crippen LogP contribution in [0.5, 0.6) is 5.75 Å². The van der Waals surface area contributed by atoms with E-state index in [9.17, 15) is 9.90 Å². The van der Waals surface area contributed by atoms with Crippen LogP contribution in [0.3, 0.4) is 0 Å². The Labute approximate surface area is 134 Å². The molecule has 0 radical (unpaired) electrons. The van der Waals surface area contributed by atoms with E-state index >= 15 is 0 Å². The number of para-hydroxylation sites is 2. The Kier molecular flexibility index (Phi) is 4.21. The van der Waals surface area contributed by atoms with Crippen LogP contribution in [0.4, 0.5) is 5.69 Å². The maximum Gasteiger partial charge on any atom is 0.312 e. The third-order valence-corrected chi connectivity index (χ3v) is 3.88. The van der Waals surface area contributed by atoms with Crippen molar-refractivity contribution < 1.29 is 19.4 Å². The van der Waals surface area contributed by atoms with Gasteiger partial charge in [-0.05, 0) is 18.2 Å². The quantitative estimate of drug-likeness (QED) is 0.850. The number of esters is 1. The number of hydrogen-bond acceptors (Lipinski definition) is 5. The van der Waals surface area contributed by atoms with E-state index in [0.29, 0.717) is 5.75 Å². The van der Waals surface area contributed by atoms with Gasteiger partial charge in [0, 0.05) is 17.7 Å². The average molecular weight is 313 g/mol. The van der Waals surface area contributed by atoms with Crippen molar-refractivity contribution in [3.8, 4) is 5.75 Å². The van der Waals surface area contributed by atoms with E-state index in [1.165, 1.54) is 7.11 Å². The van der Waals surface area contributed by atoms with Gasteiger partial charge in [0.05, 0.1) is 13.2 Å². The molecule has 0 saturated heterocycles. The molecule has 1 heterocycles. The van der Waals surface area contributed by atoms with Gasteiger partial charge in [-0.1, -0.05) is 36.4 Å². The lowest BCUT2D eigenvalue weighted by Crippen LogP contribution is -2.44. The van der Waals surface area contributed by atoms with Crippen molar-refractivity contribution in [2.24, 2.45) is 0 Å². The van der Waals surface area contributed by atoms with Gasteiger partial charge in [-0.3, -0.25) is 4.79 Å². The van der Waals surface area contributed by atoms with E-state index in [-0.39, 0.29) is 18.9 Å². The Morgan fingerprint density at radius 3 is 2.70 bits per heavy atom. The highest BCUT2D eigenvalue weighted by Crippen LogP contribution is 2.41. The minimum atomic E-state index is -1.59. The second-order valence-corrected chi connectivity index (χ2v) is 5.61. The summed E-state index contributed by atoms with van der Waals surface area (Å²) in [5.41, 5.74) is 1.89. The highest BCUT2D eigenvalue weighted by atomic mass is 16.6. The molecule has 0 saturated carbocycles. The molecule has 5 heteroatoms. The van der Waals surface area contributed by atoms with Crippen LogP contribution < -0.4 is 10.1 Å². The molecule has 0 aliphatic carbocycles. The Bertz CT molecular complexity index is 688. The molecule has 0 fully saturated rings. The second-order valence-electron chi connectivity index (χ2n) is 5.61. The van der Waals surface area contributed by atoms with Gasteiger partial charge in [0.1, 0.15) is 12.2 Å². The summed E-state index contributed by atoms with van der Waals surface area (Å²) in [5.74, 6) is -1.53. The monoisotopic (exact) mass is 313 g/mol. The first-order valence-electron chi connectivity index (χ1n) is 7.48. The zero-order chi connectivity index (χ0) is 16.3. The summed E-state index contributed by atoms with van der Waals surface area (Å²) < 4.78 is 10.3. The van der Waals surface area contributed by atoms with E-state index in [4.69, 9.17) is 4.74 Å². The Morgan fingerprint density at radius 2 is 1.96 bits per heavy atom. The average Bonchev–Trinajstić information content (AvgIpc) is 2.55. The molecule has 23 heavy (non-hydrogen) atoms. The first kappa shape index (κ1) is 15.4. The lowest BCUT2D eigenvalue weighted by molar-refractivity contribution is -0.179. The highest BCUT2D eigenvalue weighted by Gasteiger charge is 2.41. The number of rotatable bonds is 4. The molecule has 1 aliphatic heterocycles. The van der Waals surface area contributed by atoms with Crippen LogP contribution in [0.15, 0.2) is 54.6 Å². The van der Waals surface area contributed by atoms with Crippen molar-refractivity contribution in [2.75, 3.05) is 12.4 Å². The molecule has 5 nitrogen and oxygen atoms in total. The number of nitrogens with one attached hydrogen (secondary N) is 1. The predicted octanol–water partition coefficient (Wildman–Crippen LogP) is 2.87. The van der Waals surface area contributed by atoms with Gasteiger partial charge in [0.2, 0.25) is 5.79 Å². The zero-order valence-corrected chi connectivity index (χ0v) is 12.9. The number of ether oxygens (including phenoxy) is 2. The molecule has 2 atom stereocenters. The lowest BCUT2D eigenvalue weighted by atomic mass is 9.92. The summed E-state index contributed by atoms with van der Waals surface area (Å²) in [5, 5.41) is 14.1. The predicted molar refractivity (Wildman–Crippen MR) is 86.1 cm³/mol.